The van der Waals surface area contributed by atoms with Gasteiger partial charge in [-0.1, -0.05) is 50.7 Å². The SMILES string of the molecule is CCCCCCCC(CO)CC=C(C)C. The van der Waals surface area contributed by atoms with E-state index in [0.717, 1.165) is 6.42 Å². The van der Waals surface area contributed by atoms with Crippen LogP contribution in [-0.2, 0) is 0 Å². The molecule has 1 N–H and O–H groups in total. The van der Waals surface area contributed by atoms with E-state index in [0.29, 0.717) is 12.5 Å². The van der Waals surface area contributed by atoms with E-state index < -0.39 is 0 Å². The molecule has 0 saturated heterocycles. The molecular formula is C14H28O. The topological polar surface area (TPSA) is 20.2 Å². The molecule has 0 aliphatic heterocycles. The van der Waals surface area contributed by atoms with Crippen molar-refractivity contribution in [3.8, 4) is 0 Å². The van der Waals surface area contributed by atoms with Crippen LogP contribution in [0.3, 0.4) is 0 Å². The van der Waals surface area contributed by atoms with Crippen molar-refractivity contribution in [1.29, 1.82) is 0 Å². The molecule has 1 heteroatoms. The second-order valence-electron chi connectivity index (χ2n) is 4.77. The number of hydrogen-bond acceptors (Lipinski definition) is 1. The molecule has 0 aliphatic carbocycles. The lowest BCUT2D eigenvalue weighted by atomic mass is 9.97. The van der Waals surface area contributed by atoms with E-state index in [2.05, 4.69) is 26.8 Å². The van der Waals surface area contributed by atoms with Crippen molar-refractivity contribution >= 4 is 0 Å². The summed E-state index contributed by atoms with van der Waals surface area (Å²) in [5.41, 5.74) is 1.36. The van der Waals surface area contributed by atoms with Crippen LogP contribution in [-0.4, -0.2) is 11.7 Å². The van der Waals surface area contributed by atoms with Gasteiger partial charge in [0.1, 0.15) is 0 Å². The minimum atomic E-state index is 0.345. The zero-order valence-electron chi connectivity index (χ0n) is 10.8. The van der Waals surface area contributed by atoms with Gasteiger partial charge in [0, 0.05) is 6.61 Å². The minimum Gasteiger partial charge on any atom is -0.396 e. The summed E-state index contributed by atoms with van der Waals surface area (Å²) in [5, 5.41) is 9.21. The highest BCUT2D eigenvalue weighted by molar-refractivity contribution is 4.93. The van der Waals surface area contributed by atoms with Gasteiger partial charge in [-0.3, -0.25) is 0 Å². The predicted octanol–water partition coefficient (Wildman–Crippen LogP) is 4.31. The second-order valence-corrected chi connectivity index (χ2v) is 4.77. The van der Waals surface area contributed by atoms with Crippen molar-refractivity contribution in [2.45, 2.75) is 65.7 Å². The molecule has 0 aromatic carbocycles. The van der Waals surface area contributed by atoms with Crippen molar-refractivity contribution in [2.24, 2.45) is 5.92 Å². The Hall–Kier alpha value is -0.300. The summed E-state index contributed by atoms with van der Waals surface area (Å²) in [6, 6.07) is 0. The van der Waals surface area contributed by atoms with E-state index in [4.69, 9.17) is 0 Å². The highest BCUT2D eigenvalue weighted by atomic mass is 16.3. The van der Waals surface area contributed by atoms with E-state index >= 15 is 0 Å². The fourth-order valence-electron chi connectivity index (χ4n) is 1.72. The maximum atomic E-state index is 9.21. The summed E-state index contributed by atoms with van der Waals surface area (Å²) in [6.45, 7) is 6.83. The molecule has 0 radical (unpaired) electrons. The van der Waals surface area contributed by atoms with Crippen LogP contribution in [0.15, 0.2) is 11.6 Å². The molecule has 1 nitrogen and oxygen atoms in total. The van der Waals surface area contributed by atoms with Gasteiger partial charge in [0.05, 0.1) is 0 Å². The van der Waals surface area contributed by atoms with Crippen molar-refractivity contribution in [3.05, 3.63) is 11.6 Å². The van der Waals surface area contributed by atoms with Crippen LogP contribution in [0.25, 0.3) is 0 Å². The Morgan fingerprint density at radius 1 is 1.13 bits per heavy atom. The third-order valence-electron chi connectivity index (χ3n) is 2.83. The number of aliphatic hydroxyl groups is 1. The van der Waals surface area contributed by atoms with Crippen LogP contribution < -0.4 is 0 Å². The second kappa shape index (κ2) is 10.2. The van der Waals surface area contributed by atoms with Crippen LogP contribution in [0, 0.1) is 5.92 Å². The molecule has 0 aromatic heterocycles. The minimum absolute atomic E-state index is 0.345. The lowest BCUT2D eigenvalue weighted by molar-refractivity contribution is 0.216. The lowest BCUT2D eigenvalue weighted by Gasteiger charge is -2.11. The first-order chi connectivity index (χ1) is 7.20. The molecule has 0 rings (SSSR count). The van der Waals surface area contributed by atoms with E-state index in [1.165, 1.54) is 44.1 Å². The van der Waals surface area contributed by atoms with Gasteiger partial charge in [0.2, 0.25) is 0 Å². The Morgan fingerprint density at radius 3 is 2.33 bits per heavy atom. The molecular weight excluding hydrogens is 184 g/mol. The highest BCUT2D eigenvalue weighted by Gasteiger charge is 2.04. The van der Waals surface area contributed by atoms with Gasteiger partial charge >= 0.3 is 0 Å². The van der Waals surface area contributed by atoms with Gasteiger partial charge in [-0.15, -0.1) is 0 Å². The van der Waals surface area contributed by atoms with Crippen molar-refractivity contribution < 1.29 is 5.11 Å². The number of unbranched alkanes of at least 4 members (excludes halogenated alkanes) is 4. The molecule has 0 heterocycles. The van der Waals surface area contributed by atoms with E-state index in [1.54, 1.807) is 0 Å². The number of aliphatic hydroxyl groups excluding tert-OH is 1. The molecule has 0 aromatic rings. The van der Waals surface area contributed by atoms with Gasteiger partial charge in [-0.2, -0.15) is 0 Å². The molecule has 0 bridgehead atoms. The number of hydrogen-bond donors (Lipinski definition) is 1. The molecule has 0 aliphatic rings. The van der Waals surface area contributed by atoms with Gasteiger partial charge in [-0.05, 0) is 32.6 Å². The summed E-state index contributed by atoms with van der Waals surface area (Å²) in [4.78, 5) is 0. The quantitative estimate of drug-likeness (QED) is 0.446. The standard InChI is InChI=1S/C14H28O/c1-4-5-6-7-8-9-14(12-15)11-10-13(2)3/h10,14-15H,4-9,11-12H2,1-3H3. The van der Waals surface area contributed by atoms with Gasteiger partial charge in [-0.25, -0.2) is 0 Å². The average molecular weight is 212 g/mol. The molecule has 0 amide bonds. The summed E-state index contributed by atoms with van der Waals surface area (Å²) >= 11 is 0. The Morgan fingerprint density at radius 2 is 1.80 bits per heavy atom. The van der Waals surface area contributed by atoms with Crippen LogP contribution in [0.4, 0.5) is 0 Å². The molecule has 90 valence electrons. The Bertz CT molecular complexity index is 157. The zero-order chi connectivity index (χ0) is 11.5. The molecule has 1 atom stereocenters. The average Bonchev–Trinajstić information content (AvgIpc) is 2.22. The molecule has 0 fully saturated rings. The third kappa shape index (κ3) is 9.99. The number of allylic oxidation sites excluding steroid dienone is 2. The Balaban J connectivity index is 3.48. The van der Waals surface area contributed by atoms with Crippen LogP contribution in [0.5, 0.6) is 0 Å². The maximum absolute atomic E-state index is 9.21. The monoisotopic (exact) mass is 212 g/mol. The summed E-state index contributed by atoms with van der Waals surface area (Å²) in [6.07, 6.45) is 11.1. The summed E-state index contributed by atoms with van der Waals surface area (Å²) in [7, 11) is 0. The fraction of sp³-hybridized carbons (Fsp3) is 0.857. The third-order valence-corrected chi connectivity index (χ3v) is 2.83. The Labute approximate surface area is 95.6 Å². The smallest absolute Gasteiger partial charge is 0.0462 e. The van der Waals surface area contributed by atoms with Crippen molar-refractivity contribution in [3.63, 3.8) is 0 Å². The van der Waals surface area contributed by atoms with Crippen LogP contribution in [0.2, 0.25) is 0 Å². The molecule has 0 spiro atoms. The molecule has 0 saturated carbocycles. The van der Waals surface area contributed by atoms with E-state index in [-0.39, 0.29) is 0 Å². The van der Waals surface area contributed by atoms with Crippen LogP contribution >= 0.6 is 0 Å². The molecule has 1 unspecified atom stereocenters. The van der Waals surface area contributed by atoms with E-state index in [1.807, 2.05) is 0 Å². The number of rotatable bonds is 9. The maximum Gasteiger partial charge on any atom is 0.0462 e. The summed E-state index contributed by atoms with van der Waals surface area (Å²) < 4.78 is 0. The first kappa shape index (κ1) is 14.7. The van der Waals surface area contributed by atoms with E-state index in [9.17, 15) is 5.11 Å². The van der Waals surface area contributed by atoms with Crippen molar-refractivity contribution in [2.75, 3.05) is 6.61 Å². The zero-order valence-corrected chi connectivity index (χ0v) is 10.8. The molecule has 15 heavy (non-hydrogen) atoms. The first-order valence-electron chi connectivity index (χ1n) is 6.45. The fourth-order valence-corrected chi connectivity index (χ4v) is 1.72. The summed E-state index contributed by atoms with van der Waals surface area (Å²) in [5.74, 6) is 0.488. The van der Waals surface area contributed by atoms with Crippen LogP contribution in [0.1, 0.15) is 65.7 Å². The highest BCUT2D eigenvalue weighted by Crippen LogP contribution is 2.15. The van der Waals surface area contributed by atoms with Gasteiger partial charge in [0.25, 0.3) is 0 Å². The van der Waals surface area contributed by atoms with Gasteiger partial charge in [0.15, 0.2) is 0 Å². The lowest BCUT2D eigenvalue weighted by Crippen LogP contribution is -2.04. The Kier molecular flexibility index (Phi) is 10.0. The normalized spacial score (nSPS) is 12.5. The largest absolute Gasteiger partial charge is 0.396 e. The van der Waals surface area contributed by atoms with Crippen molar-refractivity contribution in [1.82, 2.24) is 0 Å². The predicted molar refractivity (Wildman–Crippen MR) is 68.0 cm³/mol. The first-order valence-corrected chi connectivity index (χ1v) is 6.45. The van der Waals surface area contributed by atoms with Gasteiger partial charge < -0.3 is 5.11 Å².